The van der Waals surface area contributed by atoms with E-state index in [1.807, 2.05) is 18.7 Å². The minimum atomic E-state index is -3.79. The maximum atomic E-state index is 12.4. The molecule has 1 fully saturated rings. The summed E-state index contributed by atoms with van der Waals surface area (Å²) >= 11 is 1.91. The summed E-state index contributed by atoms with van der Waals surface area (Å²) in [6, 6.07) is 1.55. The Bertz CT molecular complexity index is 1100. The lowest BCUT2D eigenvalue weighted by Gasteiger charge is -2.35. The Hall–Kier alpha value is -0.973. The number of fused-ring (bicyclic) bond motifs is 1. The predicted octanol–water partition coefficient (Wildman–Crippen LogP) is 8.65. The fourth-order valence-electron chi connectivity index (χ4n) is 6.20. The number of unbranched alkanes of at least 4 members (excludes halogenated alkanes) is 8. The van der Waals surface area contributed by atoms with Crippen molar-refractivity contribution in [3.05, 3.63) is 12.7 Å². The molecule has 12 heteroatoms. The molecule has 0 bridgehead atoms. The Kier molecular flexibility index (Phi) is 16.6. The van der Waals surface area contributed by atoms with Gasteiger partial charge in [0.15, 0.2) is 11.5 Å². The summed E-state index contributed by atoms with van der Waals surface area (Å²) in [5.74, 6) is 2.41. The van der Waals surface area contributed by atoms with Crippen LogP contribution in [0.25, 0.3) is 11.2 Å². The van der Waals surface area contributed by atoms with Crippen LogP contribution in [0.3, 0.4) is 0 Å². The molecule has 1 aliphatic rings. The summed E-state index contributed by atoms with van der Waals surface area (Å²) in [6.07, 6.45) is 23.0. The average Bonchev–Trinajstić information content (AvgIpc) is 3.40. The van der Waals surface area contributed by atoms with Crippen LogP contribution in [0.15, 0.2) is 12.7 Å². The second kappa shape index (κ2) is 19.5. The summed E-state index contributed by atoms with van der Waals surface area (Å²) in [5.41, 5.74) is 8.07. The SMILES string of the molecule is C[C@H](Cn1cnc2c(N)ncnc21)OCP(=O)(O)OCCCSCCCCCCCCCCC[Si](C)(C)C1CCCCC1. The van der Waals surface area contributed by atoms with Crippen LogP contribution < -0.4 is 5.73 Å². The fourth-order valence-corrected chi connectivity index (χ4v) is 11.6. The number of anilines is 1. The van der Waals surface area contributed by atoms with Gasteiger partial charge in [-0.15, -0.1) is 0 Å². The summed E-state index contributed by atoms with van der Waals surface area (Å²) < 4.78 is 25.0. The van der Waals surface area contributed by atoms with E-state index < -0.39 is 15.7 Å². The number of imidazole rings is 1. The van der Waals surface area contributed by atoms with Gasteiger partial charge >= 0.3 is 7.60 Å². The molecule has 2 atom stereocenters. The maximum absolute atomic E-state index is 12.4. The van der Waals surface area contributed by atoms with Crippen molar-refractivity contribution in [3.63, 3.8) is 0 Å². The Labute approximate surface area is 265 Å². The maximum Gasteiger partial charge on any atom is 0.353 e. The van der Waals surface area contributed by atoms with Gasteiger partial charge in [-0.3, -0.25) is 4.57 Å². The number of rotatable bonds is 23. The number of thioether (sulfide) groups is 1. The van der Waals surface area contributed by atoms with E-state index in [2.05, 4.69) is 28.0 Å². The molecular formula is C31H58N5O4PSSi. The zero-order valence-corrected chi connectivity index (χ0v) is 29.8. The number of nitrogens with zero attached hydrogens (tertiary/aromatic N) is 4. The zero-order chi connectivity index (χ0) is 31.0. The average molecular weight is 656 g/mol. The van der Waals surface area contributed by atoms with Crippen molar-refractivity contribution >= 4 is 44.4 Å². The van der Waals surface area contributed by atoms with Crippen LogP contribution in [-0.2, 0) is 20.4 Å². The molecule has 1 aliphatic carbocycles. The molecule has 0 amide bonds. The highest BCUT2D eigenvalue weighted by molar-refractivity contribution is 7.99. The van der Waals surface area contributed by atoms with Crippen molar-refractivity contribution in [2.24, 2.45) is 0 Å². The Balaban J connectivity index is 1.09. The van der Waals surface area contributed by atoms with Crippen molar-refractivity contribution in [3.8, 4) is 0 Å². The van der Waals surface area contributed by atoms with Crippen LogP contribution in [0.5, 0.6) is 0 Å². The molecule has 246 valence electrons. The van der Waals surface area contributed by atoms with E-state index in [0.29, 0.717) is 23.5 Å². The van der Waals surface area contributed by atoms with Crippen LogP contribution in [0.1, 0.15) is 103 Å². The summed E-state index contributed by atoms with van der Waals surface area (Å²) in [6.45, 7) is 7.82. The molecular weight excluding hydrogens is 597 g/mol. The third-order valence-electron chi connectivity index (χ3n) is 8.95. The van der Waals surface area contributed by atoms with Crippen molar-refractivity contribution < 1.29 is 18.7 Å². The van der Waals surface area contributed by atoms with E-state index in [9.17, 15) is 9.46 Å². The lowest BCUT2D eigenvalue weighted by molar-refractivity contribution is 0.0718. The number of ether oxygens (including phenoxy) is 1. The van der Waals surface area contributed by atoms with Gasteiger partial charge < -0.3 is 24.5 Å². The Morgan fingerprint density at radius 3 is 2.37 bits per heavy atom. The standard InChI is InChI=1S/C31H58N5O4PSSi/c1-27(23-36-25-35-29-30(32)33-24-34-31(29)36)39-26-41(37,38)40-19-16-21-42-20-14-9-7-5-4-6-8-10-15-22-43(2,3)28-17-12-11-13-18-28/h24-25,27-28H,4-23,26H2,1-3H3,(H,37,38)(H2,32,33,34)/t27-/m1/s1. The molecule has 1 saturated carbocycles. The van der Waals surface area contributed by atoms with Gasteiger partial charge in [0.1, 0.15) is 18.2 Å². The molecule has 0 spiro atoms. The van der Waals surface area contributed by atoms with Gasteiger partial charge in [0, 0.05) is 0 Å². The monoisotopic (exact) mass is 655 g/mol. The summed E-state index contributed by atoms with van der Waals surface area (Å²) in [4.78, 5) is 22.5. The first kappa shape index (κ1) is 36.5. The van der Waals surface area contributed by atoms with Gasteiger partial charge in [-0.05, 0) is 36.8 Å². The molecule has 3 N–H and O–H groups in total. The van der Waals surface area contributed by atoms with Gasteiger partial charge in [-0.2, -0.15) is 11.8 Å². The van der Waals surface area contributed by atoms with E-state index in [0.717, 1.165) is 23.5 Å². The third-order valence-corrected chi connectivity index (χ3v) is 15.6. The molecule has 2 aromatic rings. The topological polar surface area (TPSA) is 125 Å². The van der Waals surface area contributed by atoms with Crippen molar-refractivity contribution in [1.29, 1.82) is 0 Å². The van der Waals surface area contributed by atoms with Crippen LogP contribution >= 0.6 is 19.4 Å². The fraction of sp³-hybridized carbons (Fsp3) is 0.839. The van der Waals surface area contributed by atoms with Crippen LogP contribution in [0.2, 0.25) is 24.7 Å². The molecule has 0 saturated heterocycles. The van der Waals surface area contributed by atoms with E-state index in [1.54, 1.807) is 16.9 Å². The number of nitrogen functional groups attached to an aromatic ring is 1. The first-order valence-corrected chi connectivity index (χ1v) is 23.0. The van der Waals surface area contributed by atoms with Crippen LogP contribution in [-0.4, -0.2) is 63.1 Å². The van der Waals surface area contributed by atoms with Gasteiger partial charge in [-0.25, -0.2) is 15.0 Å². The predicted molar refractivity (Wildman–Crippen MR) is 184 cm³/mol. The largest absolute Gasteiger partial charge is 0.382 e. The highest BCUT2D eigenvalue weighted by Gasteiger charge is 2.31. The van der Waals surface area contributed by atoms with Crippen molar-refractivity contribution in [2.75, 3.05) is 30.2 Å². The van der Waals surface area contributed by atoms with Crippen LogP contribution in [0.4, 0.5) is 5.82 Å². The van der Waals surface area contributed by atoms with Crippen molar-refractivity contribution in [2.45, 2.75) is 141 Å². The Morgan fingerprint density at radius 1 is 1.00 bits per heavy atom. The van der Waals surface area contributed by atoms with E-state index >= 15 is 0 Å². The first-order chi connectivity index (χ1) is 20.7. The molecule has 2 aromatic heterocycles. The number of hydrogen-bond acceptors (Lipinski definition) is 8. The normalized spacial score (nSPS) is 16.9. The minimum Gasteiger partial charge on any atom is -0.382 e. The molecule has 0 radical (unpaired) electrons. The van der Waals surface area contributed by atoms with Gasteiger partial charge in [0.05, 0.1) is 33.7 Å². The number of nitrogens with two attached hydrogens (primary N) is 1. The molecule has 43 heavy (non-hydrogen) atoms. The highest BCUT2D eigenvalue weighted by atomic mass is 32.2. The van der Waals surface area contributed by atoms with E-state index in [-0.39, 0.29) is 19.1 Å². The number of aromatic nitrogens is 4. The lowest BCUT2D eigenvalue weighted by atomic mass is 10.0. The second-order valence-corrected chi connectivity index (χ2v) is 21.4. The molecule has 0 aromatic carbocycles. The van der Waals surface area contributed by atoms with Gasteiger partial charge in [0.2, 0.25) is 0 Å². The summed E-state index contributed by atoms with van der Waals surface area (Å²) in [7, 11) is -4.78. The first-order valence-electron chi connectivity index (χ1n) is 16.7. The Morgan fingerprint density at radius 2 is 1.65 bits per heavy atom. The quantitative estimate of drug-likeness (QED) is 0.0687. The van der Waals surface area contributed by atoms with E-state index in [1.165, 1.54) is 96.2 Å². The molecule has 9 nitrogen and oxygen atoms in total. The van der Waals surface area contributed by atoms with Crippen molar-refractivity contribution in [1.82, 2.24) is 19.5 Å². The molecule has 2 heterocycles. The molecule has 1 unspecified atom stereocenters. The summed E-state index contributed by atoms with van der Waals surface area (Å²) in [5, 5.41) is 0. The minimum absolute atomic E-state index is 0.265. The van der Waals surface area contributed by atoms with E-state index in [4.69, 9.17) is 15.0 Å². The smallest absolute Gasteiger partial charge is 0.353 e. The number of hydrogen-bond donors (Lipinski definition) is 2. The molecule has 3 rings (SSSR count). The zero-order valence-electron chi connectivity index (χ0n) is 27.1. The molecule has 0 aliphatic heterocycles. The van der Waals surface area contributed by atoms with Gasteiger partial charge in [-0.1, -0.05) is 103 Å². The third kappa shape index (κ3) is 13.9. The highest BCUT2D eigenvalue weighted by Crippen LogP contribution is 2.42. The van der Waals surface area contributed by atoms with Gasteiger partial charge in [0.25, 0.3) is 0 Å². The van der Waals surface area contributed by atoms with Crippen LogP contribution in [0, 0.1) is 0 Å². The second-order valence-electron chi connectivity index (χ2n) is 13.1. The lowest BCUT2D eigenvalue weighted by Crippen LogP contribution is -2.33.